The summed E-state index contributed by atoms with van der Waals surface area (Å²) in [4.78, 5) is 21.5. The molecule has 5 aromatic heterocycles. The smallest absolute Gasteiger partial charge is 0.139 e. The van der Waals surface area contributed by atoms with Crippen molar-refractivity contribution in [2.24, 2.45) is 0 Å². The molecule has 0 spiro atoms. The third kappa shape index (κ3) is 3.44. The van der Waals surface area contributed by atoms with Gasteiger partial charge in [0.2, 0.25) is 0 Å². The van der Waals surface area contributed by atoms with E-state index < -0.39 is 0 Å². The van der Waals surface area contributed by atoms with Gasteiger partial charge in [-0.25, -0.2) is 4.98 Å². The molecule has 142 valence electrons. The zero-order valence-corrected chi connectivity index (χ0v) is 19.1. The fraction of sp³-hybridized carbons (Fsp3) is 0. The minimum Gasteiger partial charge on any atom is -0.355 e. The third-order valence-electron chi connectivity index (χ3n) is 5.05. The van der Waals surface area contributed by atoms with E-state index in [0.29, 0.717) is 0 Å². The Kier molecular flexibility index (Phi) is 4.53. The minimum atomic E-state index is 0. The molecule has 30 heavy (non-hydrogen) atoms. The molecular weight excluding hydrogens is 426 g/mol. The van der Waals surface area contributed by atoms with Gasteiger partial charge < -0.3 is 24.9 Å². The monoisotopic (exact) mass is 442 g/mol. The molecule has 5 aromatic rings. The number of hydrogen-bond donors (Lipinski definition) is 5. The fourth-order valence-electron chi connectivity index (χ4n) is 3.74. The SMILES string of the molecule is C1=c2ccc([nH]2)=Cc2cc(-c3ncc[nH]3)c([nH]2)C=c2ccc([nH]2)=Cc2ccc1[nH]2.[Zn]. The van der Waals surface area contributed by atoms with Gasteiger partial charge in [-0.05, 0) is 66.8 Å². The van der Waals surface area contributed by atoms with Gasteiger partial charge in [0.15, 0.2) is 0 Å². The van der Waals surface area contributed by atoms with E-state index in [1.165, 1.54) is 0 Å². The number of hydrogen-bond acceptors (Lipinski definition) is 1. The van der Waals surface area contributed by atoms with E-state index in [1.807, 2.05) is 6.20 Å². The molecule has 5 N–H and O–H groups in total. The van der Waals surface area contributed by atoms with Gasteiger partial charge in [-0.2, -0.15) is 0 Å². The van der Waals surface area contributed by atoms with Gasteiger partial charge in [-0.15, -0.1) is 0 Å². The van der Waals surface area contributed by atoms with E-state index in [-0.39, 0.29) is 19.5 Å². The first-order valence-electron chi connectivity index (χ1n) is 9.47. The van der Waals surface area contributed by atoms with Crippen LogP contribution < -0.4 is 21.4 Å². The molecule has 0 fully saturated rings. The Morgan fingerprint density at radius 3 is 1.80 bits per heavy atom. The molecule has 1 aliphatic heterocycles. The van der Waals surface area contributed by atoms with Crippen molar-refractivity contribution < 1.29 is 19.5 Å². The van der Waals surface area contributed by atoms with Crippen molar-refractivity contribution in [2.75, 3.05) is 0 Å². The summed E-state index contributed by atoms with van der Waals surface area (Å²) in [5.74, 6) is 0.836. The molecule has 0 unspecified atom stereocenters. The Morgan fingerprint density at radius 1 is 0.600 bits per heavy atom. The Balaban J connectivity index is 0.00000193. The Hall–Kier alpha value is -3.57. The molecule has 0 amide bonds. The molecule has 0 saturated heterocycles. The molecule has 6 heterocycles. The number of aromatic nitrogens is 6. The standard InChI is InChI=1S/C23H18N6.Zn/c1-2-15-10-17-5-6-19(28-17)13-22-21(23-24-7-8-25-23)12-20(29-22)11-18-4-3-16(27-18)9-14(1)26-15;/h1-13,26-29H,(H,24,25);. The van der Waals surface area contributed by atoms with E-state index in [0.717, 1.165) is 55.6 Å². The van der Waals surface area contributed by atoms with Crippen LogP contribution in [0.1, 0.15) is 22.8 Å². The largest absolute Gasteiger partial charge is 0.355 e. The van der Waals surface area contributed by atoms with Gasteiger partial charge in [0.25, 0.3) is 0 Å². The molecule has 0 aliphatic carbocycles. The summed E-state index contributed by atoms with van der Waals surface area (Å²) in [5, 5.41) is 4.13. The average molecular weight is 444 g/mol. The second-order valence-corrected chi connectivity index (χ2v) is 7.17. The predicted molar refractivity (Wildman–Crippen MR) is 114 cm³/mol. The topological polar surface area (TPSA) is 91.8 Å². The quantitative estimate of drug-likeness (QED) is 0.241. The van der Waals surface area contributed by atoms with Gasteiger partial charge in [0.05, 0.1) is 5.69 Å². The van der Waals surface area contributed by atoms with Crippen molar-refractivity contribution >= 4 is 24.3 Å². The summed E-state index contributed by atoms with van der Waals surface area (Å²) in [5.41, 5.74) is 5.12. The Morgan fingerprint density at radius 2 is 1.20 bits per heavy atom. The summed E-state index contributed by atoms with van der Waals surface area (Å²) in [7, 11) is 0. The second kappa shape index (κ2) is 7.36. The maximum atomic E-state index is 4.43. The molecule has 0 saturated carbocycles. The number of nitrogens with one attached hydrogen (secondary N) is 5. The summed E-state index contributed by atoms with van der Waals surface area (Å²) in [6.45, 7) is 0. The van der Waals surface area contributed by atoms with Gasteiger partial charge >= 0.3 is 0 Å². The number of aromatic amines is 5. The predicted octanol–water partition coefficient (Wildman–Crippen LogP) is 1.02. The molecular formula is C23H18N6Zn. The van der Waals surface area contributed by atoms with E-state index in [1.54, 1.807) is 6.20 Å². The van der Waals surface area contributed by atoms with Crippen LogP contribution in [0.2, 0.25) is 0 Å². The normalized spacial score (nSPS) is 12.1. The van der Waals surface area contributed by atoms with Crippen LogP contribution in [0.4, 0.5) is 0 Å². The summed E-state index contributed by atoms with van der Waals surface area (Å²) < 4.78 is 0. The van der Waals surface area contributed by atoms with Gasteiger partial charge in [-0.3, -0.25) is 0 Å². The number of imidazole rings is 1. The number of H-pyrrole nitrogens is 5. The van der Waals surface area contributed by atoms with Crippen LogP contribution in [0.5, 0.6) is 0 Å². The van der Waals surface area contributed by atoms with E-state index in [9.17, 15) is 0 Å². The van der Waals surface area contributed by atoms with Crippen LogP contribution in [0.25, 0.3) is 35.7 Å². The van der Waals surface area contributed by atoms with Crippen LogP contribution in [0, 0.1) is 0 Å². The van der Waals surface area contributed by atoms with Crippen molar-refractivity contribution in [1.29, 1.82) is 0 Å². The first-order chi connectivity index (χ1) is 14.3. The Bertz CT molecular complexity index is 1560. The molecule has 0 atom stereocenters. The van der Waals surface area contributed by atoms with Crippen LogP contribution in [-0.4, -0.2) is 29.9 Å². The molecule has 0 aromatic carbocycles. The molecule has 6 rings (SSSR count). The fourth-order valence-corrected chi connectivity index (χ4v) is 3.74. The summed E-state index contributed by atoms with van der Waals surface area (Å²) >= 11 is 0. The molecule has 1 aliphatic rings. The van der Waals surface area contributed by atoms with Crippen LogP contribution in [0.15, 0.2) is 54.9 Å². The van der Waals surface area contributed by atoms with E-state index in [2.05, 4.69) is 96.7 Å². The number of fused-ring (bicyclic) bond motifs is 8. The minimum absolute atomic E-state index is 0. The van der Waals surface area contributed by atoms with Gasteiger partial charge in [0, 0.05) is 75.9 Å². The van der Waals surface area contributed by atoms with Crippen molar-refractivity contribution in [3.8, 4) is 11.4 Å². The van der Waals surface area contributed by atoms with Crippen molar-refractivity contribution in [3.05, 3.63) is 99.0 Å². The number of nitrogens with zero attached hydrogens (tertiary/aromatic N) is 1. The molecule has 6 nitrogen and oxygen atoms in total. The zero-order valence-electron chi connectivity index (χ0n) is 16.2. The molecule has 0 radical (unpaired) electrons. The Labute approximate surface area is 184 Å². The van der Waals surface area contributed by atoms with Gasteiger partial charge in [-0.1, -0.05) is 0 Å². The maximum Gasteiger partial charge on any atom is 0.139 e. The zero-order chi connectivity index (χ0) is 19.2. The maximum absolute atomic E-state index is 4.43. The number of rotatable bonds is 1. The average Bonchev–Trinajstić information content (AvgIpc) is 3.50. The summed E-state index contributed by atoms with van der Waals surface area (Å²) in [6.07, 6.45) is 12.0. The summed E-state index contributed by atoms with van der Waals surface area (Å²) in [6, 6.07) is 14.6. The van der Waals surface area contributed by atoms with Crippen LogP contribution >= 0.6 is 0 Å². The van der Waals surface area contributed by atoms with Crippen molar-refractivity contribution in [3.63, 3.8) is 0 Å². The second-order valence-electron chi connectivity index (χ2n) is 7.17. The van der Waals surface area contributed by atoms with Crippen molar-refractivity contribution in [2.45, 2.75) is 0 Å². The van der Waals surface area contributed by atoms with Gasteiger partial charge in [0.1, 0.15) is 5.82 Å². The third-order valence-corrected chi connectivity index (χ3v) is 5.05. The van der Waals surface area contributed by atoms with E-state index >= 15 is 0 Å². The first-order valence-corrected chi connectivity index (χ1v) is 9.47. The first kappa shape index (κ1) is 18.5. The van der Waals surface area contributed by atoms with E-state index in [4.69, 9.17) is 0 Å². The van der Waals surface area contributed by atoms with Crippen molar-refractivity contribution in [1.82, 2.24) is 29.9 Å². The molecule has 8 bridgehead atoms. The van der Waals surface area contributed by atoms with Crippen LogP contribution in [0.3, 0.4) is 0 Å². The van der Waals surface area contributed by atoms with Crippen LogP contribution in [-0.2, 0) is 19.5 Å². The molecule has 7 heteroatoms.